The van der Waals surface area contributed by atoms with Crippen LogP contribution in [0.25, 0.3) is 0 Å². The molecule has 0 spiro atoms. The van der Waals surface area contributed by atoms with Crippen molar-refractivity contribution in [2.75, 3.05) is 7.11 Å². The molecular weight excluding hydrogens is 188 g/mol. The van der Waals surface area contributed by atoms with Crippen LogP contribution in [0, 0.1) is 17.8 Å². The van der Waals surface area contributed by atoms with E-state index in [1.807, 2.05) is 20.8 Å². The van der Waals surface area contributed by atoms with Crippen LogP contribution in [0.1, 0.15) is 40.0 Å². The molecule has 0 aromatic carbocycles. The van der Waals surface area contributed by atoms with Crippen LogP contribution in [0.3, 0.4) is 0 Å². The zero-order valence-corrected chi connectivity index (χ0v) is 10.1. The van der Waals surface area contributed by atoms with Crippen molar-refractivity contribution in [3.05, 3.63) is 11.6 Å². The number of hydrogen-bond acceptors (Lipinski definition) is 2. The van der Waals surface area contributed by atoms with Gasteiger partial charge >= 0.3 is 5.97 Å². The van der Waals surface area contributed by atoms with E-state index >= 15 is 0 Å². The van der Waals surface area contributed by atoms with E-state index in [0.29, 0.717) is 6.42 Å². The average Bonchev–Trinajstić information content (AvgIpc) is 2.22. The molecule has 0 aromatic heterocycles. The van der Waals surface area contributed by atoms with E-state index in [4.69, 9.17) is 11.2 Å². The molecule has 0 atom stereocenters. The summed E-state index contributed by atoms with van der Waals surface area (Å²) in [6.45, 7) is 5.79. The van der Waals surface area contributed by atoms with Gasteiger partial charge in [0.2, 0.25) is 0 Å². The Kier molecular flexibility index (Phi) is 5.77. The fraction of sp³-hybridized carbons (Fsp3) is 0.615. The normalized spacial score (nSPS) is 12.1. The summed E-state index contributed by atoms with van der Waals surface area (Å²) in [6, 6.07) is 0. The van der Waals surface area contributed by atoms with Crippen molar-refractivity contribution in [3.8, 4) is 12.3 Å². The molecule has 0 aliphatic rings. The summed E-state index contributed by atoms with van der Waals surface area (Å²) in [6.07, 6.45) is 9.58. The van der Waals surface area contributed by atoms with E-state index in [9.17, 15) is 4.79 Å². The fourth-order valence-electron chi connectivity index (χ4n) is 1.16. The molecule has 2 heteroatoms. The van der Waals surface area contributed by atoms with Gasteiger partial charge in [-0.2, -0.15) is 0 Å². The monoisotopic (exact) mass is 208 g/mol. The molecule has 0 heterocycles. The highest BCUT2D eigenvalue weighted by Gasteiger charge is 2.27. The largest absolute Gasteiger partial charge is 0.469 e. The molecule has 0 unspecified atom stereocenters. The Labute approximate surface area is 92.7 Å². The Balaban J connectivity index is 4.24. The predicted molar refractivity (Wildman–Crippen MR) is 62.2 cm³/mol. The van der Waals surface area contributed by atoms with E-state index in [2.05, 4.69) is 12.0 Å². The highest BCUT2D eigenvalue weighted by Crippen LogP contribution is 2.23. The summed E-state index contributed by atoms with van der Waals surface area (Å²) in [5.41, 5.74) is 0.775. The van der Waals surface area contributed by atoms with Gasteiger partial charge in [0.1, 0.15) is 0 Å². The van der Waals surface area contributed by atoms with Gasteiger partial charge in [0.05, 0.1) is 12.5 Å². The van der Waals surface area contributed by atoms with Crippen molar-refractivity contribution in [2.45, 2.75) is 40.0 Å². The topological polar surface area (TPSA) is 26.3 Å². The van der Waals surface area contributed by atoms with Crippen molar-refractivity contribution < 1.29 is 9.53 Å². The first-order valence-electron chi connectivity index (χ1n) is 5.11. The van der Waals surface area contributed by atoms with E-state index < -0.39 is 5.41 Å². The van der Waals surface area contributed by atoms with Gasteiger partial charge in [-0.3, -0.25) is 4.79 Å². The Morgan fingerprint density at radius 3 is 2.60 bits per heavy atom. The molecule has 0 saturated heterocycles. The zero-order valence-electron chi connectivity index (χ0n) is 10.1. The summed E-state index contributed by atoms with van der Waals surface area (Å²) in [5, 5.41) is 0. The van der Waals surface area contributed by atoms with Gasteiger partial charge < -0.3 is 4.74 Å². The minimum absolute atomic E-state index is 0.177. The Hall–Kier alpha value is -1.23. The fourth-order valence-corrected chi connectivity index (χ4v) is 1.16. The van der Waals surface area contributed by atoms with E-state index in [0.717, 1.165) is 12.8 Å². The maximum Gasteiger partial charge on any atom is 0.311 e. The average molecular weight is 208 g/mol. The summed E-state index contributed by atoms with van der Waals surface area (Å²) in [5.74, 6) is 2.42. The first-order valence-corrected chi connectivity index (χ1v) is 5.11. The quantitative estimate of drug-likeness (QED) is 0.394. The predicted octanol–water partition coefficient (Wildman–Crippen LogP) is 2.94. The molecule has 0 fully saturated rings. The van der Waals surface area contributed by atoms with Crippen molar-refractivity contribution in [2.24, 2.45) is 5.41 Å². The van der Waals surface area contributed by atoms with Gasteiger partial charge in [0.15, 0.2) is 0 Å². The highest BCUT2D eigenvalue weighted by atomic mass is 16.5. The SMILES string of the molecule is C#CCC/C(C)=C\CC(C)(C)C(=O)OC. The van der Waals surface area contributed by atoms with Crippen molar-refractivity contribution in [1.82, 2.24) is 0 Å². The number of carbonyl (C=O) groups excluding carboxylic acids is 1. The third-order valence-corrected chi connectivity index (χ3v) is 2.36. The first kappa shape index (κ1) is 13.8. The lowest BCUT2D eigenvalue weighted by Crippen LogP contribution is -2.24. The Bertz CT molecular complexity index is 279. The first-order chi connectivity index (χ1) is 6.94. The third kappa shape index (κ3) is 5.27. The number of terminal acetylenes is 1. The van der Waals surface area contributed by atoms with E-state index in [1.165, 1.54) is 12.7 Å². The van der Waals surface area contributed by atoms with Crippen LogP contribution in [0.2, 0.25) is 0 Å². The summed E-state index contributed by atoms with van der Waals surface area (Å²) in [4.78, 5) is 11.4. The van der Waals surface area contributed by atoms with Crippen LogP contribution in [0.15, 0.2) is 11.6 Å². The van der Waals surface area contributed by atoms with Gasteiger partial charge in [0, 0.05) is 6.42 Å². The minimum Gasteiger partial charge on any atom is -0.469 e. The second-order valence-corrected chi connectivity index (χ2v) is 4.33. The number of ether oxygens (including phenoxy) is 1. The summed E-state index contributed by atoms with van der Waals surface area (Å²) < 4.78 is 4.73. The molecule has 0 saturated carbocycles. The third-order valence-electron chi connectivity index (χ3n) is 2.36. The van der Waals surface area contributed by atoms with Gasteiger partial charge in [-0.1, -0.05) is 11.6 Å². The number of esters is 1. The number of allylic oxidation sites excluding steroid dienone is 2. The van der Waals surface area contributed by atoms with E-state index in [-0.39, 0.29) is 5.97 Å². The standard InChI is InChI=1S/C13H20O2/c1-6-7-8-11(2)9-10-13(3,4)12(14)15-5/h1,9H,7-8,10H2,2-5H3/b11-9-. The molecule has 0 N–H and O–H groups in total. The molecule has 0 bridgehead atoms. The van der Waals surface area contributed by atoms with Crippen LogP contribution in [-0.4, -0.2) is 13.1 Å². The van der Waals surface area contributed by atoms with Gasteiger partial charge in [-0.15, -0.1) is 12.3 Å². The second kappa shape index (κ2) is 6.29. The number of carbonyl (C=O) groups is 1. The van der Waals surface area contributed by atoms with Crippen LogP contribution < -0.4 is 0 Å². The maximum absolute atomic E-state index is 11.4. The van der Waals surface area contributed by atoms with Crippen molar-refractivity contribution in [1.29, 1.82) is 0 Å². The Morgan fingerprint density at radius 1 is 1.53 bits per heavy atom. The van der Waals surface area contributed by atoms with Crippen LogP contribution in [0.5, 0.6) is 0 Å². The second-order valence-electron chi connectivity index (χ2n) is 4.33. The lowest BCUT2D eigenvalue weighted by molar-refractivity contribution is -0.150. The lowest BCUT2D eigenvalue weighted by Gasteiger charge is -2.19. The highest BCUT2D eigenvalue weighted by molar-refractivity contribution is 5.75. The molecule has 0 radical (unpaired) electrons. The molecule has 0 aliphatic heterocycles. The lowest BCUT2D eigenvalue weighted by atomic mass is 9.88. The van der Waals surface area contributed by atoms with Crippen LogP contribution >= 0.6 is 0 Å². The molecule has 2 nitrogen and oxygen atoms in total. The molecule has 0 aliphatic carbocycles. The molecule has 0 amide bonds. The summed E-state index contributed by atoms with van der Waals surface area (Å²) >= 11 is 0. The van der Waals surface area contributed by atoms with Gasteiger partial charge in [0.25, 0.3) is 0 Å². The maximum atomic E-state index is 11.4. The summed E-state index contributed by atoms with van der Waals surface area (Å²) in [7, 11) is 1.42. The van der Waals surface area contributed by atoms with Crippen LogP contribution in [-0.2, 0) is 9.53 Å². The number of methoxy groups -OCH3 is 1. The number of rotatable bonds is 5. The molecule has 0 aromatic rings. The smallest absolute Gasteiger partial charge is 0.311 e. The van der Waals surface area contributed by atoms with Gasteiger partial charge in [-0.05, 0) is 33.6 Å². The molecule has 15 heavy (non-hydrogen) atoms. The van der Waals surface area contributed by atoms with Gasteiger partial charge in [-0.25, -0.2) is 0 Å². The molecule has 84 valence electrons. The number of hydrogen-bond donors (Lipinski definition) is 0. The van der Waals surface area contributed by atoms with E-state index in [1.54, 1.807) is 0 Å². The molecule has 0 rings (SSSR count). The minimum atomic E-state index is -0.452. The van der Waals surface area contributed by atoms with Crippen LogP contribution in [0.4, 0.5) is 0 Å². The zero-order chi connectivity index (χ0) is 11.9. The van der Waals surface area contributed by atoms with Crippen molar-refractivity contribution >= 4 is 5.97 Å². The Morgan fingerprint density at radius 2 is 2.13 bits per heavy atom. The molecular formula is C13H20O2. The van der Waals surface area contributed by atoms with Crippen molar-refractivity contribution in [3.63, 3.8) is 0 Å².